The molecule has 1 aliphatic heterocycles. The molecule has 0 spiro atoms. The minimum absolute atomic E-state index is 0.231. The van der Waals surface area contributed by atoms with E-state index in [0.29, 0.717) is 12.8 Å². The van der Waals surface area contributed by atoms with Crippen molar-refractivity contribution in [2.24, 2.45) is 0 Å². The van der Waals surface area contributed by atoms with Crippen LogP contribution in [0.1, 0.15) is 245 Å². The Morgan fingerprint density at radius 2 is 0.985 bits per heavy atom. The fraction of sp³-hybridized carbons (Fsp3) is 0.906. The highest BCUT2D eigenvalue weighted by atomic mass is 32.3. The zero-order chi connectivity index (χ0) is 49.2. The molecule has 396 valence electrons. The predicted octanol–water partition coefficient (Wildman–Crippen LogP) is 11.0. The molecule has 0 radical (unpaired) electrons. The maximum Gasteiger partial charge on any atom is 0.397 e. The second-order valence-electron chi connectivity index (χ2n) is 19.3. The van der Waals surface area contributed by atoms with Crippen molar-refractivity contribution in [3.63, 3.8) is 0 Å². The third kappa shape index (κ3) is 35.3. The molecule has 0 aliphatic carbocycles. The summed E-state index contributed by atoms with van der Waals surface area (Å²) in [6, 6.07) is -1.12. The Morgan fingerprint density at radius 1 is 0.597 bits per heavy atom. The van der Waals surface area contributed by atoms with Gasteiger partial charge >= 0.3 is 10.4 Å². The summed E-state index contributed by atoms with van der Waals surface area (Å²) in [6.45, 7) is 3.25. The Bertz CT molecular complexity index is 1300. The van der Waals surface area contributed by atoms with Crippen LogP contribution in [0.5, 0.6) is 0 Å². The van der Waals surface area contributed by atoms with Gasteiger partial charge in [-0.3, -0.25) is 9.35 Å². The lowest BCUT2D eigenvalue weighted by atomic mass is 9.99. The topological polar surface area (TPSA) is 212 Å². The van der Waals surface area contributed by atoms with E-state index in [1.54, 1.807) is 6.08 Å². The largest absolute Gasteiger partial charge is 0.397 e. The van der Waals surface area contributed by atoms with E-state index in [1.165, 1.54) is 161 Å². The summed E-state index contributed by atoms with van der Waals surface area (Å²) in [6.07, 6.45) is 39.7. The van der Waals surface area contributed by atoms with Crippen molar-refractivity contribution < 1.29 is 57.0 Å². The average Bonchev–Trinajstić information content (AvgIpc) is 3.30. The van der Waals surface area contributed by atoms with Crippen molar-refractivity contribution >= 4 is 16.3 Å². The maximum absolute atomic E-state index is 13.2. The van der Waals surface area contributed by atoms with Crippen molar-refractivity contribution in [3.05, 3.63) is 24.3 Å². The Labute approximate surface area is 408 Å². The number of hydrogen-bond acceptors (Lipinski definition) is 11. The number of allylic oxidation sites excluding steroid dienone is 3. The molecule has 13 nitrogen and oxygen atoms in total. The highest BCUT2D eigenvalue weighted by molar-refractivity contribution is 7.80. The number of hydrogen-bond donors (Lipinski definition) is 7. The molecular formula is C53H101NO12S. The zero-order valence-corrected chi connectivity index (χ0v) is 43.2. The van der Waals surface area contributed by atoms with E-state index >= 15 is 0 Å². The van der Waals surface area contributed by atoms with Gasteiger partial charge in [0.1, 0.15) is 30.5 Å². The molecule has 0 aromatic heterocycles. The Balaban J connectivity index is 2.49. The van der Waals surface area contributed by atoms with Crippen LogP contribution < -0.4 is 5.32 Å². The molecular weight excluding hydrogens is 875 g/mol. The molecule has 1 rings (SSSR count). The van der Waals surface area contributed by atoms with Gasteiger partial charge in [-0.15, -0.1) is 0 Å². The van der Waals surface area contributed by atoms with Gasteiger partial charge in [-0.25, -0.2) is 4.18 Å². The molecule has 0 saturated carbocycles. The number of nitrogens with one attached hydrogen (secondary N) is 1. The van der Waals surface area contributed by atoms with Gasteiger partial charge in [-0.2, -0.15) is 8.42 Å². The highest BCUT2D eigenvalue weighted by Crippen LogP contribution is 2.26. The molecule has 8 unspecified atom stereocenters. The Hall–Kier alpha value is -1.46. The van der Waals surface area contributed by atoms with Gasteiger partial charge in [0, 0.05) is 0 Å². The third-order valence-electron chi connectivity index (χ3n) is 13.1. The monoisotopic (exact) mass is 976 g/mol. The molecule has 1 amide bonds. The van der Waals surface area contributed by atoms with Crippen LogP contribution in [0.4, 0.5) is 0 Å². The predicted molar refractivity (Wildman–Crippen MR) is 270 cm³/mol. The average molecular weight is 976 g/mol. The molecule has 8 atom stereocenters. The molecule has 1 fully saturated rings. The van der Waals surface area contributed by atoms with Gasteiger partial charge in [0.15, 0.2) is 6.29 Å². The third-order valence-corrected chi connectivity index (χ3v) is 13.5. The van der Waals surface area contributed by atoms with Crippen molar-refractivity contribution in [1.82, 2.24) is 5.32 Å². The normalized spacial score (nSPS) is 20.5. The minimum Gasteiger partial charge on any atom is -0.394 e. The molecule has 0 aromatic rings. The first-order valence-electron chi connectivity index (χ1n) is 27.3. The Kier molecular flexibility index (Phi) is 41.1. The van der Waals surface area contributed by atoms with Crippen LogP contribution in [0.25, 0.3) is 0 Å². The van der Waals surface area contributed by atoms with Crippen LogP contribution in [0.15, 0.2) is 24.3 Å². The van der Waals surface area contributed by atoms with E-state index in [4.69, 9.17) is 9.47 Å². The summed E-state index contributed by atoms with van der Waals surface area (Å²) in [5.41, 5.74) is 0. The van der Waals surface area contributed by atoms with E-state index in [1.807, 2.05) is 6.08 Å². The first-order valence-corrected chi connectivity index (χ1v) is 28.7. The van der Waals surface area contributed by atoms with Crippen LogP contribution >= 0.6 is 0 Å². The first kappa shape index (κ1) is 63.6. The second kappa shape index (κ2) is 43.3. The van der Waals surface area contributed by atoms with Crippen LogP contribution in [0.2, 0.25) is 0 Å². The molecule has 1 heterocycles. The fourth-order valence-corrected chi connectivity index (χ4v) is 9.26. The van der Waals surface area contributed by atoms with Crippen molar-refractivity contribution in [2.75, 3.05) is 13.2 Å². The van der Waals surface area contributed by atoms with Gasteiger partial charge in [0.2, 0.25) is 5.91 Å². The fourth-order valence-electron chi connectivity index (χ4n) is 8.75. The first-order chi connectivity index (χ1) is 32.4. The Morgan fingerprint density at radius 3 is 1.39 bits per heavy atom. The molecule has 7 N–H and O–H groups in total. The minimum atomic E-state index is -5.12. The van der Waals surface area contributed by atoms with Crippen LogP contribution in [0.3, 0.4) is 0 Å². The molecule has 1 aliphatic rings. The molecule has 0 bridgehead atoms. The number of unbranched alkanes of at least 4 members (excludes halogenated alkanes) is 32. The maximum atomic E-state index is 13.2. The van der Waals surface area contributed by atoms with E-state index in [0.717, 1.165) is 51.4 Å². The van der Waals surface area contributed by atoms with Crippen molar-refractivity contribution in [2.45, 2.75) is 294 Å². The molecule has 67 heavy (non-hydrogen) atoms. The van der Waals surface area contributed by atoms with E-state index < -0.39 is 78.5 Å². The van der Waals surface area contributed by atoms with E-state index in [-0.39, 0.29) is 6.42 Å². The number of aliphatic hydroxyl groups excluding tert-OH is 5. The summed E-state index contributed by atoms with van der Waals surface area (Å²) >= 11 is 0. The van der Waals surface area contributed by atoms with Gasteiger partial charge < -0.3 is 40.3 Å². The number of rotatable bonds is 47. The number of aliphatic hydroxyl groups is 5. The smallest absolute Gasteiger partial charge is 0.394 e. The lowest BCUT2D eigenvalue weighted by Gasteiger charge is -2.41. The standard InChI is InChI=1S/C53H101NO12S/c1-3-5-7-9-11-13-15-17-19-21-22-23-24-26-27-29-31-33-35-37-39-41-46(56)45(44-64-53-50(59)51(66-67(61,62)63)49(58)48(43-55)65-53)54-52(60)47(57)42-40-38-36-34-32-30-28-25-20-18-16-14-12-10-8-6-4-2/h28,30,39,41,45-51,53,55-59H,3-27,29,31-38,40,42-44H2,1-2H3,(H,54,60)(H,61,62,63)/b30-28-,41-39+. The molecule has 14 heteroatoms. The lowest BCUT2D eigenvalue weighted by molar-refractivity contribution is -0.298. The quantitative estimate of drug-likeness (QED) is 0.0172. The number of carbonyl (C=O) groups excluding carboxylic acids is 1. The summed E-state index contributed by atoms with van der Waals surface area (Å²) < 4.78 is 47.7. The summed E-state index contributed by atoms with van der Waals surface area (Å²) in [5, 5.41) is 55.4. The summed E-state index contributed by atoms with van der Waals surface area (Å²) in [5.74, 6) is -0.708. The number of carbonyl (C=O) groups is 1. The van der Waals surface area contributed by atoms with Gasteiger partial charge in [0.05, 0.1) is 25.4 Å². The molecule has 0 aromatic carbocycles. The van der Waals surface area contributed by atoms with E-state index in [9.17, 15) is 43.3 Å². The SMILES string of the molecule is CCCCCCCCCCC/C=C\CCCCCCC(O)C(=O)NC(COC1OC(CO)C(O)C(OS(=O)(=O)O)C1O)C(O)/C=C/CCCCCCCCCCCCCCCCCCCCC. The summed E-state index contributed by atoms with van der Waals surface area (Å²) in [4.78, 5) is 13.2. The zero-order valence-electron chi connectivity index (χ0n) is 42.3. The second-order valence-corrected chi connectivity index (χ2v) is 20.4. The lowest BCUT2D eigenvalue weighted by Crippen LogP contribution is -2.61. The van der Waals surface area contributed by atoms with E-state index in [2.05, 4.69) is 35.5 Å². The van der Waals surface area contributed by atoms with Crippen molar-refractivity contribution in [1.29, 1.82) is 0 Å². The highest BCUT2D eigenvalue weighted by Gasteiger charge is 2.48. The van der Waals surface area contributed by atoms with Crippen LogP contribution in [0, 0.1) is 0 Å². The van der Waals surface area contributed by atoms with Crippen LogP contribution in [-0.4, -0.2) is 107 Å². The number of amides is 1. The number of ether oxygens (including phenoxy) is 2. The molecule has 1 saturated heterocycles. The summed E-state index contributed by atoms with van der Waals surface area (Å²) in [7, 11) is -5.12. The van der Waals surface area contributed by atoms with Gasteiger partial charge in [0.25, 0.3) is 0 Å². The van der Waals surface area contributed by atoms with Crippen molar-refractivity contribution in [3.8, 4) is 0 Å². The van der Waals surface area contributed by atoms with Gasteiger partial charge in [-0.1, -0.05) is 224 Å². The van der Waals surface area contributed by atoms with Crippen LogP contribution in [-0.2, 0) is 28.9 Å². The van der Waals surface area contributed by atoms with Gasteiger partial charge in [-0.05, 0) is 44.9 Å².